The van der Waals surface area contributed by atoms with Gasteiger partial charge in [-0.05, 0) is 29.8 Å². The maximum absolute atomic E-state index is 5.41. The lowest BCUT2D eigenvalue weighted by Crippen LogP contribution is -2.12. The molecule has 1 aliphatic rings. The number of aryl methyl sites for hydroxylation is 1. The van der Waals surface area contributed by atoms with E-state index >= 15 is 0 Å². The van der Waals surface area contributed by atoms with Gasteiger partial charge in [-0.1, -0.05) is 6.07 Å². The van der Waals surface area contributed by atoms with E-state index in [0.29, 0.717) is 6.79 Å². The molecular weight excluding hydrogens is 304 g/mol. The van der Waals surface area contributed by atoms with Crippen molar-refractivity contribution in [2.45, 2.75) is 13.1 Å². The van der Waals surface area contributed by atoms with Crippen LogP contribution in [0.1, 0.15) is 11.1 Å². The third-order valence-corrected chi connectivity index (χ3v) is 3.92. The highest BCUT2D eigenvalue weighted by atomic mass is 16.7. The molecule has 0 saturated carbocycles. The van der Waals surface area contributed by atoms with E-state index in [1.54, 1.807) is 6.20 Å². The molecule has 0 amide bonds. The lowest BCUT2D eigenvalue weighted by atomic mass is 10.1. The molecule has 3 heterocycles. The number of benzene rings is 1. The number of nitrogens with zero attached hydrogens (tertiary/aromatic N) is 3. The highest BCUT2D eigenvalue weighted by Gasteiger charge is 2.13. The third-order valence-electron chi connectivity index (χ3n) is 3.92. The van der Waals surface area contributed by atoms with E-state index in [1.165, 1.54) is 0 Å². The SMILES string of the molecule is Cn1cc(CNCc2ccc3c(c2)OCO3)c(-c2cccnc2)n1. The minimum atomic E-state index is 0.302. The van der Waals surface area contributed by atoms with Crippen molar-refractivity contribution in [3.8, 4) is 22.8 Å². The molecule has 1 aliphatic heterocycles. The standard InChI is InChI=1S/C18H18N4O2/c1-22-11-15(18(21-22)14-3-2-6-19-9-14)10-20-8-13-4-5-16-17(7-13)24-12-23-16/h2-7,9,11,20H,8,10,12H2,1H3. The Balaban J connectivity index is 1.45. The van der Waals surface area contributed by atoms with Crippen LogP contribution in [-0.2, 0) is 20.1 Å². The topological polar surface area (TPSA) is 61.2 Å². The molecule has 1 aromatic carbocycles. The quantitative estimate of drug-likeness (QED) is 0.782. The Morgan fingerprint density at radius 2 is 2.08 bits per heavy atom. The van der Waals surface area contributed by atoms with Crippen molar-refractivity contribution in [2.75, 3.05) is 6.79 Å². The van der Waals surface area contributed by atoms with Gasteiger partial charge in [0.2, 0.25) is 6.79 Å². The summed E-state index contributed by atoms with van der Waals surface area (Å²) in [6.45, 7) is 1.78. The minimum absolute atomic E-state index is 0.302. The molecule has 0 spiro atoms. The molecular formula is C18H18N4O2. The summed E-state index contributed by atoms with van der Waals surface area (Å²) >= 11 is 0. The zero-order chi connectivity index (χ0) is 16.4. The number of nitrogens with one attached hydrogen (secondary N) is 1. The Morgan fingerprint density at radius 1 is 1.17 bits per heavy atom. The largest absolute Gasteiger partial charge is 0.454 e. The molecule has 6 nitrogen and oxygen atoms in total. The van der Waals surface area contributed by atoms with Gasteiger partial charge < -0.3 is 14.8 Å². The van der Waals surface area contributed by atoms with Crippen molar-refractivity contribution in [3.63, 3.8) is 0 Å². The number of aromatic nitrogens is 3. The molecule has 0 fully saturated rings. The maximum Gasteiger partial charge on any atom is 0.231 e. The summed E-state index contributed by atoms with van der Waals surface area (Å²) in [7, 11) is 1.93. The van der Waals surface area contributed by atoms with Gasteiger partial charge in [0.15, 0.2) is 11.5 Å². The summed E-state index contributed by atoms with van der Waals surface area (Å²) in [6, 6.07) is 9.96. The normalized spacial score (nSPS) is 12.5. The Kier molecular flexibility index (Phi) is 3.88. The average molecular weight is 322 g/mol. The highest BCUT2D eigenvalue weighted by Crippen LogP contribution is 2.32. The van der Waals surface area contributed by atoms with Gasteiger partial charge in [0.1, 0.15) is 0 Å². The molecule has 1 N–H and O–H groups in total. The van der Waals surface area contributed by atoms with Crippen LogP contribution >= 0.6 is 0 Å². The van der Waals surface area contributed by atoms with Gasteiger partial charge in [0.25, 0.3) is 0 Å². The molecule has 0 saturated heterocycles. The highest BCUT2D eigenvalue weighted by molar-refractivity contribution is 5.61. The minimum Gasteiger partial charge on any atom is -0.454 e. The van der Waals surface area contributed by atoms with Gasteiger partial charge in [-0.15, -0.1) is 0 Å². The molecule has 0 radical (unpaired) electrons. The lowest BCUT2D eigenvalue weighted by Gasteiger charge is -2.06. The van der Waals surface area contributed by atoms with E-state index in [1.807, 2.05) is 54.5 Å². The predicted octanol–water partition coefficient (Wildman–Crippen LogP) is 2.50. The Morgan fingerprint density at radius 3 is 2.96 bits per heavy atom. The molecule has 0 atom stereocenters. The first-order valence-corrected chi connectivity index (χ1v) is 7.82. The van der Waals surface area contributed by atoms with E-state index in [4.69, 9.17) is 9.47 Å². The Labute approximate surface area is 140 Å². The first-order valence-electron chi connectivity index (χ1n) is 7.82. The van der Waals surface area contributed by atoms with Crippen LogP contribution in [0.4, 0.5) is 0 Å². The number of fused-ring (bicyclic) bond motifs is 1. The van der Waals surface area contributed by atoms with E-state index < -0.39 is 0 Å². The molecule has 0 bridgehead atoms. The molecule has 4 rings (SSSR count). The van der Waals surface area contributed by atoms with Crippen molar-refractivity contribution in [1.29, 1.82) is 0 Å². The van der Waals surface area contributed by atoms with Crippen LogP contribution in [0.15, 0.2) is 48.9 Å². The molecule has 0 unspecified atom stereocenters. The monoisotopic (exact) mass is 322 g/mol. The molecule has 0 aliphatic carbocycles. The van der Waals surface area contributed by atoms with Crippen LogP contribution in [0.2, 0.25) is 0 Å². The number of ether oxygens (including phenoxy) is 2. The van der Waals surface area contributed by atoms with E-state index in [-0.39, 0.29) is 0 Å². The van der Waals surface area contributed by atoms with Gasteiger partial charge in [-0.25, -0.2) is 0 Å². The predicted molar refractivity (Wildman–Crippen MR) is 89.5 cm³/mol. The second-order valence-electron chi connectivity index (χ2n) is 5.71. The summed E-state index contributed by atoms with van der Waals surface area (Å²) < 4.78 is 12.6. The number of hydrogen-bond donors (Lipinski definition) is 1. The smallest absolute Gasteiger partial charge is 0.231 e. The molecule has 3 aromatic rings. The van der Waals surface area contributed by atoms with Crippen LogP contribution in [0, 0.1) is 0 Å². The Hall–Kier alpha value is -2.86. The third kappa shape index (κ3) is 2.96. The van der Waals surface area contributed by atoms with Crippen LogP contribution in [0.3, 0.4) is 0 Å². The van der Waals surface area contributed by atoms with Crippen molar-refractivity contribution in [2.24, 2.45) is 7.05 Å². The first kappa shape index (κ1) is 14.7. The number of pyridine rings is 1. The van der Waals surface area contributed by atoms with E-state index in [2.05, 4.69) is 15.4 Å². The summed E-state index contributed by atoms with van der Waals surface area (Å²) in [6.07, 6.45) is 5.64. The molecule has 24 heavy (non-hydrogen) atoms. The van der Waals surface area contributed by atoms with Gasteiger partial charge in [-0.3, -0.25) is 9.67 Å². The van der Waals surface area contributed by atoms with E-state index in [9.17, 15) is 0 Å². The molecule has 2 aromatic heterocycles. The van der Waals surface area contributed by atoms with Crippen molar-refractivity contribution < 1.29 is 9.47 Å². The van der Waals surface area contributed by atoms with Crippen molar-refractivity contribution >= 4 is 0 Å². The fraction of sp³-hybridized carbons (Fsp3) is 0.222. The zero-order valence-corrected chi connectivity index (χ0v) is 13.4. The average Bonchev–Trinajstić information content (AvgIpc) is 3.21. The second-order valence-corrected chi connectivity index (χ2v) is 5.71. The van der Waals surface area contributed by atoms with Crippen LogP contribution in [0.25, 0.3) is 11.3 Å². The summed E-state index contributed by atoms with van der Waals surface area (Å²) in [5, 5.41) is 8.02. The summed E-state index contributed by atoms with van der Waals surface area (Å²) in [4.78, 5) is 4.18. The van der Waals surface area contributed by atoms with Crippen molar-refractivity contribution in [1.82, 2.24) is 20.1 Å². The second kappa shape index (κ2) is 6.33. The van der Waals surface area contributed by atoms with Gasteiger partial charge >= 0.3 is 0 Å². The molecule has 122 valence electrons. The first-order chi connectivity index (χ1) is 11.8. The lowest BCUT2D eigenvalue weighted by molar-refractivity contribution is 0.174. The van der Waals surface area contributed by atoms with Crippen LogP contribution in [0.5, 0.6) is 11.5 Å². The van der Waals surface area contributed by atoms with E-state index in [0.717, 1.165) is 47.0 Å². The van der Waals surface area contributed by atoms with Crippen LogP contribution in [-0.4, -0.2) is 21.6 Å². The van der Waals surface area contributed by atoms with Gasteiger partial charge in [-0.2, -0.15) is 5.10 Å². The van der Waals surface area contributed by atoms with Crippen molar-refractivity contribution in [3.05, 3.63) is 60.0 Å². The summed E-state index contributed by atoms with van der Waals surface area (Å²) in [5.74, 6) is 1.62. The van der Waals surface area contributed by atoms with Crippen LogP contribution < -0.4 is 14.8 Å². The zero-order valence-electron chi connectivity index (χ0n) is 13.4. The fourth-order valence-electron chi connectivity index (χ4n) is 2.81. The number of hydrogen-bond acceptors (Lipinski definition) is 5. The van der Waals surface area contributed by atoms with Gasteiger partial charge in [0.05, 0.1) is 5.69 Å². The summed E-state index contributed by atoms with van der Waals surface area (Å²) in [5.41, 5.74) is 4.29. The Bertz CT molecular complexity index is 845. The maximum atomic E-state index is 5.41. The fourth-order valence-corrected chi connectivity index (χ4v) is 2.81. The van der Waals surface area contributed by atoms with Gasteiger partial charge in [0, 0.05) is 49.9 Å². The molecule has 6 heteroatoms. The number of rotatable bonds is 5.